The number of nitrogens with one attached hydrogen (secondary N) is 2. The van der Waals surface area contributed by atoms with Crippen molar-refractivity contribution in [2.45, 2.75) is 39.9 Å². The lowest BCUT2D eigenvalue weighted by atomic mass is 10.0. The highest BCUT2D eigenvalue weighted by Crippen LogP contribution is 2.20. The molecule has 2 heterocycles. The number of benzene rings is 2. The van der Waals surface area contributed by atoms with Crippen LogP contribution in [0, 0.1) is 13.8 Å². The van der Waals surface area contributed by atoms with Crippen LogP contribution in [-0.4, -0.2) is 15.0 Å². The fourth-order valence-corrected chi connectivity index (χ4v) is 4.09. The summed E-state index contributed by atoms with van der Waals surface area (Å²) in [6, 6.07) is 20.0. The number of hydrogen-bond acceptors (Lipinski definition) is 3. The van der Waals surface area contributed by atoms with Gasteiger partial charge < -0.3 is 19.6 Å². The summed E-state index contributed by atoms with van der Waals surface area (Å²) in [5.41, 5.74) is 4.82. The van der Waals surface area contributed by atoms with E-state index in [1.54, 1.807) is 6.26 Å². The number of pyridine rings is 1. The molecule has 0 unspecified atom stereocenters. The zero-order chi connectivity index (χ0) is 22.7. The zero-order valence-corrected chi connectivity index (χ0v) is 19.3. The molecule has 164 valence electrons. The van der Waals surface area contributed by atoms with Crippen LogP contribution in [0.15, 0.2) is 76.1 Å². The van der Waals surface area contributed by atoms with E-state index in [1.165, 1.54) is 0 Å². The van der Waals surface area contributed by atoms with Crippen LogP contribution >= 0.6 is 12.2 Å². The minimum atomic E-state index is -0.102. The predicted molar refractivity (Wildman–Crippen MR) is 133 cm³/mol. The highest BCUT2D eigenvalue weighted by atomic mass is 32.1. The first kappa shape index (κ1) is 21.8. The number of rotatable bonds is 6. The van der Waals surface area contributed by atoms with Gasteiger partial charge in [-0.2, -0.15) is 0 Å². The van der Waals surface area contributed by atoms with Crippen molar-refractivity contribution in [1.82, 2.24) is 15.2 Å². The molecule has 0 saturated heterocycles. The van der Waals surface area contributed by atoms with Crippen molar-refractivity contribution in [2.75, 3.05) is 0 Å². The van der Waals surface area contributed by atoms with E-state index in [0.717, 1.165) is 33.4 Å². The Labute approximate surface area is 193 Å². The van der Waals surface area contributed by atoms with E-state index in [2.05, 4.69) is 35.4 Å². The number of fused-ring (bicyclic) bond motifs is 1. The van der Waals surface area contributed by atoms with E-state index >= 15 is 0 Å². The summed E-state index contributed by atoms with van der Waals surface area (Å²) in [4.78, 5) is 18.0. The molecule has 0 amide bonds. The normalized spacial score (nSPS) is 12.0. The van der Waals surface area contributed by atoms with Gasteiger partial charge in [-0.15, -0.1) is 0 Å². The van der Waals surface area contributed by atoms with Crippen LogP contribution < -0.4 is 10.9 Å². The summed E-state index contributed by atoms with van der Waals surface area (Å²) in [6.07, 6.45) is 1.64. The molecule has 4 rings (SSSR count). The molecule has 0 aliphatic rings. The molecule has 0 aliphatic heterocycles. The fraction of sp³-hybridized carbons (Fsp3) is 0.231. The average Bonchev–Trinajstić information content (AvgIpc) is 3.30. The second-order valence-corrected chi connectivity index (χ2v) is 8.50. The molecule has 0 bridgehead atoms. The highest BCUT2D eigenvalue weighted by molar-refractivity contribution is 7.80. The maximum Gasteiger partial charge on any atom is 0.253 e. The van der Waals surface area contributed by atoms with Gasteiger partial charge in [0, 0.05) is 5.56 Å². The van der Waals surface area contributed by atoms with Crippen molar-refractivity contribution in [3.8, 4) is 0 Å². The molecular weight excluding hydrogens is 418 g/mol. The summed E-state index contributed by atoms with van der Waals surface area (Å²) < 4.78 is 5.56. The van der Waals surface area contributed by atoms with Crippen LogP contribution in [0.4, 0.5) is 0 Å². The quantitative estimate of drug-likeness (QED) is 0.391. The zero-order valence-electron chi connectivity index (χ0n) is 18.5. The number of H-pyrrole nitrogens is 1. The summed E-state index contributed by atoms with van der Waals surface area (Å²) in [7, 11) is 0. The lowest BCUT2D eigenvalue weighted by molar-refractivity contribution is 0.347. The van der Waals surface area contributed by atoms with Crippen molar-refractivity contribution in [3.05, 3.63) is 105 Å². The van der Waals surface area contributed by atoms with Gasteiger partial charge in [-0.25, -0.2) is 0 Å². The molecule has 32 heavy (non-hydrogen) atoms. The third-order valence-corrected chi connectivity index (χ3v) is 6.22. The van der Waals surface area contributed by atoms with Gasteiger partial charge in [-0.05, 0) is 73.3 Å². The number of aromatic nitrogens is 1. The van der Waals surface area contributed by atoms with Crippen LogP contribution in [0.1, 0.15) is 41.0 Å². The molecule has 6 heteroatoms. The van der Waals surface area contributed by atoms with Gasteiger partial charge in [0.1, 0.15) is 5.76 Å². The van der Waals surface area contributed by atoms with E-state index < -0.39 is 0 Å². The third-order valence-electron chi connectivity index (χ3n) is 5.84. The van der Waals surface area contributed by atoms with Gasteiger partial charge in [0.25, 0.3) is 5.56 Å². The smallest absolute Gasteiger partial charge is 0.253 e. The van der Waals surface area contributed by atoms with Gasteiger partial charge in [-0.3, -0.25) is 4.79 Å². The lowest BCUT2D eigenvalue weighted by Crippen LogP contribution is -2.41. The van der Waals surface area contributed by atoms with E-state index in [4.69, 9.17) is 16.6 Å². The molecule has 4 aromatic rings. The summed E-state index contributed by atoms with van der Waals surface area (Å²) in [5.74, 6) is 0.783. The molecule has 0 spiro atoms. The van der Waals surface area contributed by atoms with Crippen molar-refractivity contribution in [3.63, 3.8) is 0 Å². The minimum Gasteiger partial charge on any atom is -0.467 e. The fourth-order valence-electron chi connectivity index (χ4n) is 3.78. The summed E-state index contributed by atoms with van der Waals surface area (Å²) >= 11 is 5.76. The van der Waals surface area contributed by atoms with Crippen LogP contribution in [0.2, 0.25) is 0 Å². The molecule has 2 aromatic heterocycles. The van der Waals surface area contributed by atoms with E-state index in [1.807, 2.05) is 61.2 Å². The molecule has 0 radical (unpaired) electrons. The second-order valence-electron chi connectivity index (χ2n) is 8.11. The Kier molecular flexibility index (Phi) is 6.42. The highest BCUT2D eigenvalue weighted by Gasteiger charge is 2.18. The first-order chi connectivity index (χ1) is 15.4. The van der Waals surface area contributed by atoms with Gasteiger partial charge in [0.15, 0.2) is 5.11 Å². The van der Waals surface area contributed by atoms with Gasteiger partial charge in [0.2, 0.25) is 0 Å². The number of hydrogen-bond donors (Lipinski definition) is 2. The van der Waals surface area contributed by atoms with Gasteiger partial charge in [0.05, 0.1) is 30.9 Å². The molecule has 2 N–H and O–H groups in total. The first-order valence-corrected chi connectivity index (χ1v) is 11.1. The van der Waals surface area contributed by atoms with Crippen molar-refractivity contribution >= 4 is 28.2 Å². The van der Waals surface area contributed by atoms with Crippen LogP contribution in [0.3, 0.4) is 0 Å². The molecule has 0 aliphatic carbocycles. The topological polar surface area (TPSA) is 61.3 Å². The van der Waals surface area contributed by atoms with E-state index in [0.29, 0.717) is 23.8 Å². The number of aromatic amines is 1. The summed E-state index contributed by atoms with van der Waals surface area (Å²) in [6.45, 7) is 6.97. The Morgan fingerprint density at radius 1 is 1.09 bits per heavy atom. The Hall–Kier alpha value is -3.38. The van der Waals surface area contributed by atoms with Crippen molar-refractivity contribution < 1.29 is 4.42 Å². The largest absolute Gasteiger partial charge is 0.467 e. The molecule has 0 saturated carbocycles. The van der Waals surface area contributed by atoms with Crippen LogP contribution in [0.5, 0.6) is 0 Å². The Morgan fingerprint density at radius 2 is 1.88 bits per heavy atom. The van der Waals surface area contributed by atoms with Crippen LogP contribution in [0.25, 0.3) is 10.9 Å². The number of nitrogens with zero attached hydrogens (tertiary/aromatic N) is 1. The van der Waals surface area contributed by atoms with Gasteiger partial charge >= 0.3 is 0 Å². The third kappa shape index (κ3) is 4.75. The molecule has 0 fully saturated rings. The second kappa shape index (κ2) is 9.40. The SMILES string of the molecule is Cc1ccc2cc(CN(Cc3ccco3)C(=S)N[C@@H](C)c3ccccc3)c(=O)[nH]c2c1C. The standard InChI is InChI=1S/C26H27N3O2S/c1-17-11-12-21-14-22(25(30)28-24(21)18(17)2)15-29(16-23-10-7-13-31-23)26(32)27-19(3)20-8-5-4-6-9-20/h4-14,19H,15-16H2,1-3H3,(H,27,32)(H,28,30)/t19-/m0/s1. The molecule has 2 aromatic carbocycles. The van der Waals surface area contributed by atoms with E-state index in [9.17, 15) is 4.79 Å². The van der Waals surface area contributed by atoms with Crippen molar-refractivity contribution in [1.29, 1.82) is 0 Å². The maximum atomic E-state index is 12.9. The first-order valence-electron chi connectivity index (χ1n) is 10.7. The average molecular weight is 446 g/mol. The number of thiocarbonyl (C=S) groups is 1. The van der Waals surface area contributed by atoms with E-state index in [-0.39, 0.29) is 11.6 Å². The Balaban J connectivity index is 1.62. The van der Waals surface area contributed by atoms with Crippen LogP contribution in [-0.2, 0) is 13.1 Å². The molecule has 5 nitrogen and oxygen atoms in total. The monoisotopic (exact) mass is 445 g/mol. The minimum absolute atomic E-state index is 0.0308. The maximum absolute atomic E-state index is 12.9. The summed E-state index contributed by atoms with van der Waals surface area (Å²) in [5, 5.41) is 4.98. The number of furan rings is 1. The molecular formula is C26H27N3O2S. The van der Waals surface area contributed by atoms with Crippen molar-refractivity contribution in [2.24, 2.45) is 0 Å². The van der Waals surface area contributed by atoms with Gasteiger partial charge in [-0.1, -0.05) is 42.5 Å². The Bertz CT molecular complexity index is 1280. The number of aryl methyl sites for hydroxylation is 2. The Morgan fingerprint density at radius 3 is 2.59 bits per heavy atom. The molecule has 1 atom stereocenters. The predicted octanol–water partition coefficient (Wildman–Crippen LogP) is 5.38. The lowest BCUT2D eigenvalue weighted by Gasteiger charge is -2.27.